The second-order valence-corrected chi connectivity index (χ2v) is 9.21. The van der Waals surface area contributed by atoms with Crippen LogP contribution < -0.4 is 20.7 Å². The molecule has 0 bridgehead atoms. The molecule has 0 aromatic heterocycles. The van der Waals surface area contributed by atoms with E-state index in [1.165, 1.54) is 0 Å². The fraction of sp³-hybridized carbons (Fsp3) is 0.423. The number of nitrogens with one attached hydrogen (secondary N) is 3. The Bertz CT molecular complexity index is 1110. The molecule has 2 aliphatic rings. The Labute approximate surface area is 205 Å². The summed E-state index contributed by atoms with van der Waals surface area (Å²) in [5, 5.41) is 8.25. The molecule has 4 rings (SSSR count). The topological polar surface area (TPSA) is 109 Å². The maximum absolute atomic E-state index is 13.4. The number of benzene rings is 2. The lowest BCUT2D eigenvalue weighted by atomic mass is 9.94. The van der Waals surface area contributed by atoms with Crippen molar-refractivity contribution in [2.45, 2.75) is 51.4 Å². The predicted octanol–water partition coefficient (Wildman–Crippen LogP) is 3.46. The van der Waals surface area contributed by atoms with Crippen LogP contribution in [-0.2, 0) is 9.53 Å². The fourth-order valence-corrected chi connectivity index (χ4v) is 4.75. The summed E-state index contributed by atoms with van der Waals surface area (Å²) in [7, 11) is 3.36. The molecule has 0 unspecified atom stereocenters. The number of carbonyl (C=O) groups is 3. The third-order valence-electron chi connectivity index (χ3n) is 6.44. The average Bonchev–Trinajstić information content (AvgIpc) is 2.81. The molecule has 186 valence electrons. The Kier molecular flexibility index (Phi) is 7.25. The number of amides is 4. The number of hydrogen-bond donors (Lipinski definition) is 3. The first-order valence-corrected chi connectivity index (χ1v) is 11.8. The van der Waals surface area contributed by atoms with Crippen molar-refractivity contribution in [2.75, 3.05) is 31.3 Å². The minimum Gasteiger partial charge on any atom is -0.490 e. The highest BCUT2D eigenvalue weighted by molar-refractivity contribution is 6.02. The first-order chi connectivity index (χ1) is 16.7. The van der Waals surface area contributed by atoms with E-state index in [0.717, 1.165) is 11.1 Å². The number of anilines is 2. The van der Waals surface area contributed by atoms with Gasteiger partial charge in [-0.1, -0.05) is 6.07 Å². The lowest BCUT2D eigenvalue weighted by Crippen LogP contribution is -2.53. The number of likely N-dealkylation sites (N-methyl/N-ethyl adjacent to an activating group) is 1. The highest BCUT2D eigenvalue weighted by Crippen LogP contribution is 2.32. The average molecular weight is 481 g/mol. The molecule has 9 heteroatoms. The molecular weight excluding hydrogens is 448 g/mol. The smallest absolute Gasteiger partial charge is 0.323 e. The zero-order valence-corrected chi connectivity index (χ0v) is 20.5. The van der Waals surface area contributed by atoms with Gasteiger partial charge in [0.1, 0.15) is 18.5 Å². The van der Waals surface area contributed by atoms with Crippen molar-refractivity contribution in [3.63, 3.8) is 0 Å². The van der Waals surface area contributed by atoms with Gasteiger partial charge in [-0.25, -0.2) is 4.79 Å². The number of hydrogen-bond acceptors (Lipinski definition) is 5. The molecule has 4 amide bonds. The molecule has 0 aliphatic carbocycles. The first kappa shape index (κ1) is 24.5. The summed E-state index contributed by atoms with van der Waals surface area (Å²) in [6.07, 6.45) is 1.14. The van der Waals surface area contributed by atoms with Gasteiger partial charge in [-0.3, -0.25) is 9.59 Å². The third-order valence-corrected chi connectivity index (χ3v) is 6.44. The zero-order chi connectivity index (χ0) is 25.1. The number of aryl methyl sites for hydroxylation is 2. The normalized spacial score (nSPS) is 21.5. The molecule has 0 radical (unpaired) electrons. The van der Waals surface area contributed by atoms with Crippen LogP contribution in [0.1, 0.15) is 40.7 Å². The van der Waals surface area contributed by atoms with Gasteiger partial charge in [0.05, 0.1) is 24.1 Å². The molecule has 3 atom stereocenters. The van der Waals surface area contributed by atoms with Crippen molar-refractivity contribution in [1.29, 1.82) is 0 Å². The van der Waals surface area contributed by atoms with E-state index in [0.29, 0.717) is 35.5 Å². The van der Waals surface area contributed by atoms with Gasteiger partial charge in [-0.05, 0) is 68.1 Å². The number of fused-ring (bicyclic) bond motifs is 2. The van der Waals surface area contributed by atoms with E-state index in [1.807, 2.05) is 32.0 Å². The van der Waals surface area contributed by atoms with Gasteiger partial charge in [-0.2, -0.15) is 0 Å². The lowest BCUT2D eigenvalue weighted by molar-refractivity contribution is -0.133. The quantitative estimate of drug-likeness (QED) is 0.621. The van der Waals surface area contributed by atoms with Crippen molar-refractivity contribution < 1.29 is 23.9 Å². The third kappa shape index (κ3) is 5.74. The number of ether oxygens (including phenoxy) is 2. The second-order valence-electron chi connectivity index (χ2n) is 9.21. The number of nitrogens with zero attached hydrogens (tertiary/aromatic N) is 1. The van der Waals surface area contributed by atoms with Crippen LogP contribution in [0.4, 0.5) is 16.2 Å². The van der Waals surface area contributed by atoms with Gasteiger partial charge < -0.3 is 30.3 Å². The van der Waals surface area contributed by atoms with Crippen LogP contribution in [-0.4, -0.2) is 61.7 Å². The van der Waals surface area contributed by atoms with Crippen molar-refractivity contribution in [3.05, 3.63) is 53.1 Å². The fourth-order valence-electron chi connectivity index (χ4n) is 4.75. The Balaban J connectivity index is 1.47. The maximum Gasteiger partial charge on any atom is 0.323 e. The van der Waals surface area contributed by atoms with E-state index in [2.05, 4.69) is 16.0 Å². The van der Waals surface area contributed by atoms with E-state index in [9.17, 15) is 14.4 Å². The largest absolute Gasteiger partial charge is 0.490 e. The van der Waals surface area contributed by atoms with Gasteiger partial charge in [-0.15, -0.1) is 0 Å². The van der Waals surface area contributed by atoms with Gasteiger partial charge in [0.25, 0.3) is 5.91 Å². The Hall–Kier alpha value is -3.59. The van der Waals surface area contributed by atoms with Crippen molar-refractivity contribution in [1.82, 2.24) is 10.2 Å². The highest BCUT2D eigenvalue weighted by Gasteiger charge is 2.39. The van der Waals surface area contributed by atoms with Crippen molar-refractivity contribution >= 4 is 29.2 Å². The minimum absolute atomic E-state index is 0.0726. The van der Waals surface area contributed by atoms with E-state index in [1.54, 1.807) is 37.2 Å². The molecule has 3 N–H and O–H groups in total. The minimum atomic E-state index is -0.398. The molecule has 2 heterocycles. The molecule has 0 spiro atoms. The van der Waals surface area contributed by atoms with Crippen molar-refractivity contribution in [2.24, 2.45) is 0 Å². The monoisotopic (exact) mass is 480 g/mol. The Morgan fingerprint density at radius 3 is 2.46 bits per heavy atom. The van der Waals surface area contributed by atoms with E-state index in [4.69, 9.17) is 9.47 Å². The van der Waals surface area contributed by atoms with Gasteiger partial charge in [0.15, 0.2) is 0 Å². The van der Waals surface area contributed by atoms with Crippen LogP contribution in [0, 0.1) is 13.8 Å². The summed E-state index contributed by atoms with van der Waals surface area (Å²) in [6.45, 7) is 4.20. The second kappa shape index (κ2) is 10.4. The molecule has 1 fully saturated rings. The predicted molar refractivity (Wildman–Crippen MR) is 133 cm³/mol. The summed E-state index contributed by atoms with van der Waals surface area (Å²) in [5.41, 5.74) is 3.67. The van der Waals surface area contributed by atoms with E-state index in [-0.39, 0.29) is 43.1 Å². The maximum atomic E-state index is 13.4. The highest BCUT2D eigenvalue weighted by atomic mass is 16.5. The SMILES string of the molecule is CNC(=O)C[C@@H]1CC[C@@H]2[C@@H](COc3ccc(NC(=O)Nc4cc(C)cc(C)c4)cc3C(=O)N2C)O1. The zero-order valence-electron chi connectivity index (χ0n) is 20.5. The van der Waals surface area contributed by atoms with E-state index >= 15 is 0 Å². The van der Waals surface area contributed by atoms with Crippen LogP contribution in [0.5, 0.6) is 5.75 Å². The van der Waals surface area contributed by atoms with Gasteiger partial charge in [0, 0.05) is 25.5 Å². The van der Waals surface area contributed by atoms with Crippen LogP contribution in [0.15, 0.2) is 36.4 Å². The van der Waals surface area contributed by atoms with Crippen LogP contribution >= 0.6 is 0 Å². The van der Waals surface area contributed by atoms with Gasteiger partial charge >= 0.3 is 6.03 Å². The summed E-state index contributed by atoms with van der Waals surface area (Å²) in [5.74, 6) is 0.149. The summed E-state index contributed by atoms with van der Waals surface area (Å²) in [4.78, 5) is 39.4. The summed E-state index contributed by atoms with van der Waals surface area (Å²) in [6, 6.07) is 10.3. The van der Waals surface area contributed by atoms with Crippen LogP contribution in [0.25, 0.3) is 0 Å². The Morgan fingerprint density at radius 1 is 1.03 bits per heavy atom. The lowest BCUT2D eigenvalue weighted by Gasteiger charge is -2.42. The molecule has 35 heavy (non-hydrogen) atoms. The molecule has 1 saturated heterocycles. The molecule has 2 aromatic carbocycles. The van der Waals surface area contributed by atoms with Crippen LogP contribution in [0.2, 0.25) is 0 Å². The molecular formula is C26H32N4O5. The first-order valence-electron chi connectivity index (χ1n) is 11.8. The molecule has 9 nitrogen and oxygen atoms in total. The molecule has 0 saturated carbocycles. The standard InChI is InChI=1S/C26H32N4O5/c1-15-9-16(2)11-18(10-15)29-26(33)28-17-5-8-22-20(12-17)25(32)30(4)21-7-6-19(13-24(31)27-3)35-23(21)14-34-22/h5,8-12,19,21,23H,6-7,13-14H2,1-4H3,(H,27,31)(H2,28,29,33)/t19-,21+,23+/m0/s1. The molecule has 2 aromatic rings. The number of urea groups is 1. The summed E-state index contributed by atoms with van der Waals surface area (Å²) < 4.78 is 12.1. The molecule has 2 aliphatic heterocycles. The number of carbonyl (C=O) groups excluding carboxylic acids is 3. The van der Waals surface area contributed by atoms with Gasteiger partial charge in [0.2, 0.25) is 5.91 Å². The Morgan fingerprint density at radius 2 is 1.74 bits per heavy atom. The van der Waals surface area contributed by atoms with E-state index < -0.39 is 6.03 Å². The summed E-state index contributed by atoms with van der Waals surface area (Å²) >= 11 is 0. The van der Waals surface area contributed by atoms with Crippen LogP contribution in [0.3, 0.4) is 0 Å². The van der Waals surface area contributed by atoms with Crippen molar-refractivity contribution in [3.8, 4) is 5.75 Å². The number of rotatable bonds is 4.